The second-order valence-corrected chi connectivity index (χ2v) is 23.4. The molecule has 1 unspecified atom stereocenters. The smallest absolute Gasteiger partial charge is 0.306 e. The van der Waals surface area contributed by atoms with Crippen molar-refractivity contribution >= 4 is 17.9 Å². The average molecular weight is 1140 g/mol. The maximum atomic E-state index is 12.9. The molecule has 0 N–H and O–H groups in total. The SMILES string of the molecule is CC/C=C\C/C=C\C/C=C\C/C=C\CCCCCCCCCCCCCCCCCCCCCCCCC(=O)OCC(COC(=O)CCCCC/C=C\C/C=C\C/C=C\CC)OC(=O)CCCCCCC/C=C\CCCCCCCCC. The van der Waals surface area contributed by atoms with Gasteiger partial charge in [-0.05, 0) is 116 Å². The van der Waals surface area contributed by atoms with Gasteiger partial charge in [-0.15, -0.1) is 0 Å². The number of esters is 3. The lowest BCUT2D eigenvalue weighted by atomic mass is 10.0. The van der Waals surface area contributed by atoms with Gasteiger partial charge >= 0.3 is 17.9 Å². The summed E-state index contributed by atoms with van der Waals surface area (Å²) in [7, 11) is 0. The summed E-state index contributed by atoms with van der Waals surface area (Å²) < 4.78 is 16.9. The number of carbonyl (C=O) groups is 3. The first kappa shape index (κ1) is 78.3. The predicted octanol–water partition coefficient (Wildman–Crippen LogP) is 24.4. The van der Waals surface area contributed by atoms with E-state index < -0.39 is 6.10 Å². The van der Waals surface area contributed by atoms with E-state index in [0.717, 1.165) is 122 Å². The number of allylic oxidation sites excluding steroid dienone is 16. The molecule has 0 rings (SSSR count). The van der Waals surface area contributed by atoms with Gasteiger partial charge < -0.3 is 14.2 Å². The molecular formula is C76H132O6. The zero-order chi connectivity index (χ0) is 59.2. The Morgan fingerprint density at radius 1 is 0.256 bits per heavy atom. The van der Waals surface area contributed by atoms with E-state index in [9.17, 15) is 14.4 Å². The van der Waals surface area contributed by atoms with Crippen molar-refractivity contribution in [2.45, 2.75) is 354 Å². The van der Waals surface area contributed by atoms with Crippen LogP contribution in [0.15, 0.2) is 97.2 Å². The molecular weight excluding hydrogens is 1010 g/mol. The summed E-state index contributed by atoms with van der Waals surface area (Å²) in [6, 6.07) is 0. The van der Waals surface area contributed by atoms with Gasteiger partial charge in [0.2, 0.25) is 0 Å². The first-order chi connectivity index (χ1) is 40.5. The molecule has 0 bridgehead atoms. The van der Waals surface area contributed by atoms with Crippen LogP contribution in [0.2, 0.25) is 0 Å². The summed E-state index contributed by atoms with van der Waals surface area (Å²) in [5, 5.41) is 0. The third kappa shape index (κ3) is 67.1. The molecule has 82 heavy (non-hydrogen) atoms. The van der Waals surface area contributed by atoms with E-state index in [1.807, 2.05) is 0 Å². The summed E-state index contributed by atoms with van der Waals surface area (Å²) in [5.74, 6) is -0.910. The van der Waals surface area contributed by atoms with Crippen molar-refractivity contribution in [2.24, 2.45) is 0 Å². The van der Waals surface area contributed by atoms with E-state index in [4.69, 9.17) is 14.2 Å². The molecule has 0 saturated heterocycles. The molecule has 0 spiro atoms. The monoisotopic (exact) mass is 1140 g/mol. The Hall–Kier alpha value is -3.67. The average Bonchev–Trinajstić information content (AvgIpc) is 3.47. The van der Waals surface area contributed by atoms with Gasteiger partial charge in [0, 0.05) is 19.3 Å². The molecule has 0 aliphatic rings. The van der Waals surface area contributed by atoms with Gasteiger partial charge in [-0.3, -0.25) is 14.4 Å². The highest BCUT2D eigenvalue weighted by Crippen LogP contribution is 2.18. The van der Waals surface area contributed by atoms with Crippen molar-refractivity contribution in [3.63, 3.8) is 0 Å². The molecule has 0 aromatic heterocycles. The maximum absolute atomic E-state index is 12.9. The number of ether oxygens (including phenoxy) is 3. The minimum atomic E-state index is -0.792. The Labute approximate surface area is 508 Å². The van der Waals surface area contributed by atoms with Crippen LogP contribution in [0, 0.1) is 0 Å². The van der Waals surface area contributed by atoms with Crippen LogP contribution in [0.4, 0.5) is 0 Å². The quantitative estimate of drug-likeness (QED) is 0.0261. The van der Waals surface area contributed by atoms with E-state index in [1.54, 1.807) is 0 Å². The zero-order valence-electron chi connectivity index (χ0n) is 54.2. The molecule has 472 valence electrons. The van der Waals surface area contributed by atoms with Crippen molar-refractivity contribution in [3.05, 3.63) is 97.2 Å². The Bertz CT molecular complexity index is 1590. The Kier molecular flexibility index (Phi) is 66.7. The minimum Gasteiger partial charge on any atom is -0.462 e. The van der Waals surface area contributed by atoms with Crippen LogP contribution in [0.1, 0.15) is 348 Å². The maximum Gasteiger partial charge on any atom is 0.306 e. The molecule has 0 aliphatic carbocycles. The summed E-state index contributed by atoms with van der Waals surface area (Å²) in [4.78, 5) is 38.3. The highest BCUT2D eigenvalue weighted by molar-refractivity contribution is 5.71. The van der Waals surface area contributed by atoms with Crippen LogP contribution < -0.4 is 0 Å². The molecule has 0 aromatic rings. The zero-order valence-corrected chi connectivity index (χ0v) is 54.2. The normalized spacial score (nSPS) is 12.7. The molecule has 6 heteroatoms. The van der Waals surface area contributed by atoms with Gasteiger partial charge in [0.05, 0.1) is 0 Å². The van der Waals surface area contributed by atoms with Gasteiger partial charge in [0.15, 0.2) is 6.10 Å². The summed E-state index contributed by atoms with van der Waals surface area (Å²) >= 11 is 0. The van der Waals surface area contributed by atoms with Gasteiger partial charge in [-0.25, -0.2) is 0 Å². The third-order valence-electron chi connectivity index (χ3n) is 15.3. The number of hydrogen-bond acceptors (Lipinski definition) is 6. The largest absolute Gasteiger partial charge is 0.462 e. The van der Waals surface area contributed by atoms with E-state index >= 15 is 0 Å². The topological polar surface area (TPSA) is 78.9 Å². The molecule has 0 amide bonds. The molecule has 0 aromatic carbocycles. The molecule has 6 nitrogen and oxygen atoms in total. The third-order valence-corrected chi connectivity index (χ3v) is 15.3. The van der Waals surface area contributed by atoms with E-state index in [-0.39, 0.29) is 31.1 Å². The van der Waals surface area contributed by atoms with Gasteiger partial charge in [0.1, 0.15) is 13.2 Å². The Morgan fingerprint density at radius 3 is 0.768 bits per heavy atom. The fraction of sp³-hybridized carbons (Fsp3) is 0.750. The van der Waals surface area contributed by atoms with Crippen LogP contribution in [0.25, 0.3) is 0 Å². The highest BCUT2D eigenvalue weighted by Gasteiger charge is 2.19. The molecule has 1 atom stereocenters. The van der Waals surface area contributed by atoms with Crippen LogP contribution in [0.3, 0.4) is 0 Å². The summed E-state index contributed by atoms with van der Waals surface area (Å²) in [6.45, 7) is 6.41. The number of unbranched alkanes of at least 4 members (excludes halogenated alkanes) is 37. The molecule has 0 saturated carbocycles. The fourth-order valence-electron chi connectivity index (χ4n) is 10.1. The predicted molar refractivity (Wildman–Crippen MR) is 357 cm³/mol. The summed E-state index contributed by atoms with van der Waals surface area (Å²) in [5.41, 5.74) is 0. The lowest BCUT2D eigenvalue weighted by molar-refractivity contribution is -0.167. The number of carbonyl (C=O) groups excluding carboxylic acids is 3. The van der Waals surface area contributed by atoms with Crippen LogP contribution in [0.5, 0.6) is 0 Å². The lowest BCUT2D eigenvalue weighted by Gasteiger charge is -2.18. The number of hydrogen-bond donors (Lipinski definition) is 0. The summed E-state index contributed by atoms with van der Waals surface area (Å²) in [6.07, 6.45) is 94.6. The van der Waals surface area contributed by atoms with E-state index in [0.29, 0.717) is 19.3 Å². The second kappa shape index (κ2) is 69.8. The van der Waals surface area contributed by atoms with Crippen molar-refractivity contribution in [1.29, 1.82) is 0 Å². The van der Waals surface area contributed by atoms with Crippen LogP contribution in [-0.4, -0.2) is 37.2 Å². The van der Waals surface area contributed by atoms with Gasteiger partial charge in [-0.2, -0.15) is 0 Å². The fourth-order valence-corrected chi connectivity index (χ4v) is 10.1. The van der Waals surface area contributed by atoms with Crippen LogP contribution >= 0.6 is 0 Å². The van der Waals surface area contributed by atoms with Gasteiger partial charge in [-0.1, -0.05) is 311 Å². The van der Waals surface area contributed by atoms with Crippen LogP contribution in [-0.2, 0) is 28.6 Å². The lowest BCUT2D eigenvalue weighted by Crippen LogP contribution is -2.30. The highest BCUT2D eigenvalue weighted by atomic mass is 16.6. The molecule has 0 fully saturated rings. The molecule has 0 radical (unpaired) electrons. The molecule has 0 heterocycles. The second-order valence-electron chi connectivity index (χ2n) is 23.4. The van der Waals surface area contributed by atoms with Crippen molar-refractivity contribution in [3.8, 4) is 0 Å². The number of rotatable bonds is 64. The van der Waals surface area contributed by atoms with E-state index in [2.05, 4.69) is 118 Å². The van der Waals surface area contributed by atoms with E-state index in [1.165, 1.54) is 186 Å². The minimum absolute atomic E-state index is 0.0862. The standard InChI is InChI=1S/C76H132O6/c1-4-7-10-13-16-19-22-25-27-29-30-31-32-33-34-35-36-37-38-39-40-41-42-43-44-45-46-47-49-51-54-57-60-63-66-69-75(78)81-72-73(71-80-74(77)68-65-62-59-56-53-50-24-21-18-15-12-9-6-3)82-76(79)70-67-64-61-58-55-52-48-28-26-23-20-17-14-11-8-5-2/h7,9-10,12,16,18-19,21,25,27-28,30-31,48,50,53,73H,4-6,8,11,13-15,17,20,22-24,26,29,32-47,49,51-52,54-72H2,1-3H3/b10-7-,12-9-,19-16-,21-18-,27-25-,31-30-,48-28-,53-50-. The van der Waals surface area contributed by atoms with Crippen molar-refractivity contribution in [2.75, 3.05) is 13.2 Å². The Balaban J connectivity index is 4.12. The first-order valence-electron chi connectivity index (χ1n) is 35.2. The Morgan fingerprint density at radius 2 is 0.476 bits per heavy atom. The van der Waals surface area contributed by atoms with Crippen molar-refractivity contribution in [1.82, 2.24) is 0 Å². The molecule has 0 aliphatic heterocycles. The van der Waals surface area contributed by atoms with Gasteiger partial charge in [0.25, 0.3) is 0 Å². The first-order valence-corrected chi connectivity index (χ1v) is 35.2. The van der Waals surface area contributed by atoms with Crippen molar-refractivity contribution < 1.29 is 28.6 Å².